The summed E-state index contributed by atoms with van der Waals surface area (Å²) in [6.45, 7) is 9.32. The summed E-state index contributed by atoms with van der Waals surface area (Å²) in [5.74, 6) is 0.738. The third-order valence-electron chi connectivity index (χ3n) is 3.62. The van der Waals surface area contributed by atoms with E-state index in [0.29, 0.717) is 12.3 Å². The molecule has 0 aromatic rings. The van der Waals surface area contributed by atoms with E-state index in [1.165, 1.54) is 0 Å². The van der Waals surface area contributed by atoms with Crippen LogP contribution in [0.4, 0.5) is 0 Å². The molecule has 1 aliphatic rings. The average molecular weight is 237 g/mol. The molecule has 96 valence electrons. The van der Waals surface area contributed by atoms with Crippen LogP contribution < -0.4 is 0 Å². The van der Waals surface area contributed by atoms with Crippen LogP contribution in [-0.2, 0) is 4.79 Å². The topological polar surface area (TPSA) is 47.3 Å². The maximum Gasteiger partial charge on any atom is 0.222 e. The zero-order valence-electron chi connectivity index (χ0n) is 11.1. The molecule has 2 atom stereocenters. The highest BCUT2D eigenvalue weighted by atomic mass is 16.2. The fourth-order valence-corrected chi connectivity index (χ4v) is 2.01. The molecule has 0 spiro atoms. The standard InChI is InChI=1S/C13H23N3O/c1-4-11(2)9-13(17)16-7-5-15(6-8-16)12(3)10-14/h11-12H,4-9H2,1-3H3. The lowest BCUT2D eigenvalue weighted by Gasteiger charge is -2.36. The molecule has 1 heterocycles. The van der Waals surface area contributed by atoms with Crippen molar-refractivity contribution in [3.63, 3.8) is 0 Å². The van der Waals surface area contributed by atoms with Crippen molar-refractivity contribution in [3.8, 4) is 6.07 Å². The molecule has 0 N–H and O–H groups in total. The van der Waals surface area contributed by atoms with Gasteiger partial charge in [-0.05, 0) is 12.8 Å². The van der Waals surface area contributed by atoms with Crippen LogP contribution >= 0.6 is 0 Å². The largest absolute Gasteiger partial charge is 0.340 e. The Morgan fingerprint density at radius 3 is 2.35 bits per heavy atom. The van der Waals surface area contributed by atoms with Crippen LogP contribution in [0.2, 0.25) is 0 Å². The van der Waals surface area contributed by atoms with Gasteiger partial charge in [-0.2, -0.15) is 5.26 Å². The molecule has 0 radical (unpaired) electrons. The van der Waals surface area contributed by atoms with Crippen molar-refractivity contribution in [2.75, 3.05) is 26.2 Å². The monoisotopic (exact) mass is 237 g/mol. The van der Waals surface area contributed by atoms with Gasteiger partial charge in [-0.15, -0.1) is 0 Å². The molecule has 1 rings (SSSR count). The van der Waals surface area contributed by atoms with Crippen LogP contribution in [0, 0.1) is 17.2 Å². The highest BCUT2D eigenvalue weighted by Crippen LogP contribution is 2.12. The van der Waals surface area contributed by atoms with Crippen molar-refractivity contribution in [2.24, 2.45) is 5.92 Å². The van der Waals surface area contributed by atoms with E-state index < -0.39 is 0 Å². The molecule has 2 unspecified atom stereocenters. The van der Waals surface area contributed by atoms with Gasteiger partial charge in [0.15, 0.2) is 0 Å². The fraction of sp³-hybridized carbons (Fsp3) is 0.846. The Bertz CT molecular complexity index is 290. The second-order valence-corrected chi connectivity index (χ2v) is 4.94. The van der Waals surface area contributed by atoms with Gasteiger partial charge in [0.1, 0.15) is 0 Å². The van der Waals surface area contributed by atoms with E-state index in [0.717, 1.165) is 32.6 Å². The first kappa shape index (κ1) is 14.0. The summed E-state index contributed by atoms with van der Waals surface area (Å²) >= 11 is 0. The van der Waals surface area contributed by atoms with Crippen molar-refractivity contribution < 1.29 is 4.79 Å². The second-order valence-electron chi connectivity index (χ2n) is 4.94. The number of hydrogen-bond donors (Lipinski definition) is 0. The summed E-state index contributed by atoms with van der Waals surface area (Å²) < 4.78 is 0. The second kappa shape index (κ2) is 6.61. The molecule has 0 aromatic carbocycles. The van der Waals surface area contributed by atoms with Crippen molar-refractivity contribution >= 4 is 5.91 Å². The molecule has 0 aromatic heterocycles. The van der Waals surface area contributed by atoms with Crippen LogP contribution in [0.3, 0.4) is 0 Å². The van der Waals surface area contributed by atoms with Gasteiger partial charge in [0, 0.05) is 32.6 Å². The quantitative estimate of drug-likeness (QED) is 0.744. The maximum atomic E-state index is 12.0. The molecule has 1 saturated heterocycles. The summed E-state index contributed by atoms with van der Waals surface area (Å²) in [7, 11) is 0. The van der Waals surface area contributed by atoms with Crippen molar-refractivity contribution in [2.45, 2.75) is 39.7 Å². The minimum Gasteiger partial charge on any atom is -0.340 e. The molecule has 4 nitrogen and oxygen atoms in total. The first-order valence-corrected chi connectivity index (χ1v) is 6.49. The highest BCUT2D eigenvalue weighted by Gasteiger charge is 2.24. The third-order valence-corrected chi connectivity index (χ3v) is 3.62. The van der Waals surface area contributed by atoms with E-state index in [1.807, 2.05) is 11.8 Å². The molecule has 1 fully saturated rings. The van der Waals surface area contributed by atoms with Crippen LogP contribution in [0.5, 0.6) is 0 Å². The maximum absolute atomic E-state index is 12.0. The zero-order valence-corrected chi connectivity index (χ0v) is 11.1. The van der Waals surface area contributed by atoms with Crippen LogP contribution in [0.25, 0.3) is 0 Å². The number of hydrogen-bond acceptors (Lipinski definition) is 3. The van der Waals surface area contributed by atoms with Crippen molar-refractivity contribution in [1.29, 1.82) is 5.26 Å². The highest BCUT2D eigenvalue weighted by molar-refractivity contribution is 5.76. The SMILES string of the molecule is CCC(C)CC(=O)N1CCN(C(C)C#N)CC1. The van der Waals surface area contributed by atoms with Gasteiger partial charge in [-0.1, -0.05) is 20.3 Å². The van der Waals surface area contributed by atoms with Crippen LogP contribution in [0.1, 0.15) is 33.6 Å². The van der Waals surface area contributed by atoms with E-state index in [-0.39, 0.29) is 11.9 Å². The summed E-state index contributed by atoms with van der Waals surface area (Å²) in [6.07, 6.45) is 1.71. The van der Waals surface area contributed by atoms with Gasteiger partial charge in [0.25, 0.3) is 0 Å². The molecule has 0 bridgehead atoms. The molecular weight excluding hydrogens is 214 g/mol. The number of nitrogens with zero attached hydrogens (tertiary/aromatic N) is 3. The Kier molecular flexibility index (Phi) is 5.43. The predicted molar refractivity (Wildman–Crippen MR) is 67.3 cm³/mol. The van der Waals surface area contributed by atoms with Crippen LogP contribution in [0.15, 0.2) is 0 Å². The Morgan fingerprint density at radius 1 is 1.29 bits per heavy atom. The zero-order chi connectivity index (χ0) is 12.8. The van der Waals surface area contributed by atoms with Crippen molar-refractivity contribution in [3.05, 3.63) is 0 Å². The molecular formula is C13H23N3O. The van der Waals surface area contributed by atoms with E-state index in [1.54, 1.807) is 0 Å². The lowest BCUT2D eigenvalue weighted by atomic mass is 10.0. The van der Waals surface area contributed by atoms with Gasteiger partial charge in [0.05, 0.1) is 12.1 Å². The molecule has 4 heteroatoms. The van der Waals surface area contributed by atoms with Crippen molar-refractivity contribution in [1.82, 2.24) is 9.80 Å². The third kappa shape index (κ3) is 4.01. The summed E-state index contributed by atoms with van der Waals surface area (Å²) in [5.41, 5.74) is 0. The lowest BCUT2D eigenvalue weighted by molar-refractivity contribution is -0.134. The van der Waals surface area contributed by atoms with E-state index in [2.05, 4.69) is 24.8 Å². The summed E-state index contributed by atoms with van der Waals surface area (Å²) in [5, 5.41) is 8.84. The minimum absolute atomic E-state index is 0.0400. The van der Waals surface area contributed by atoms with Gasteiger partial charge in [0.2, 0.25) is 5.91 Å². The van der Waals surface area contributed by atoms with Crippen LogP contribution in [-0.4, -0.2) is 47.9 Å². The number of nitriles is 1. The normalized spacial score (nSPS) is 20.7. The van der Waals surface area contributed by atoms with Gasteiger partial charge < -0.3 is 4.90 Å². The van der Waals surface area contributed by atoms with Gasteiger partial charge >= 0.3 is 0 Å². The number of rotatable bonds is 4. The first-order valence-electron chi connectivity index (χ1n) is 6.49. The van der Waals surface area contributed by atoms with E-state index in [9.17, 15) is 4.79 Å². The predicted octanol–water partition coefficient (Wildman–Crippen LogP) is 1.48. The Labute approximate surface area is 104 Å². The Balaban J connectivity index is 2.37. The molecule has 0 aliphatic carbocycles. The van der Waals surface area contributed by atoms with Gasteiger partial charge in [-0.3, -0.25) is 9.69 Å². The number of carbonyl (C=O) groups is 1. The Hall–Kier alpha value is -1.08. The summed E-state index contributed by atoms with van der Waals surface area (Å²) in [4.78, 5) is 16.0. The minimum atomic E-state index is -0.0400. The number of piperazine rings is 1. The number of carbonyl (C=O) groups excluding carboxylic acids is 1. The Morgan fingerprint density at radius 2 is 1.88 bits per heavy atom. The number of amides is 1. The van der Waals surface area contributed by atoms with E-state index in [4.69, 9.17) is 5.26 Å². The summed E-state index contributed by atoms with van der Waals surface area (Å²) in [6, 6.07) is 2.20. The lowest BCUT2D eigenvalue weighted by Crippen LogP contribution is -2.51. The molecule has 17 heavy (non-hydrogen) atoms. The smallest absolute Gasteiger partial charge is 0.222 e. The van der Waals surface area contributed by atoms with E-state index >= 15 is 0 Å². The fourth-order valence-electron chi connectivity index (χ4n) is 2.01. The van der Waals surface area contributed by atoms with Gasteiger partial charge in [-0.25, -0.2) is 0 Å². The molecule has 0 saturated carbocycles. The molecule has 1 aliphatic heterocycles. The first-order chi connectivity index (χ1) is 8.08. The molecule has 1 amide bonds. The average Bonchev–Trinajstić information content (AvgIpc) is 2.37.